The minimum atomic E-state index is 0.780. The lowest BCUT2D eigenvalue weighted by Gasteiger charge is -2.36. The minimum absolute atomic E-state index is 0.780. The van der Waals surface area contributed by atoms with Gasteiger partial charge < -0.3 is 4.90 Å². The quantitative estimate of drug-likeness (QED) is 0.486. The molecule has 0 radical (unpaired) electrons. The Morgan fingerprint density at radius 1 is 0.867 bits per heavy atom. The SMILES string of the molecule is C1=Cc2ccccc2N(OCCCCN2CCN(c3cccc4sccc34)CC2)C1. The Bertz CT molecular complexity index is 1010. The molecule has 0 aliphatic carbocycles. The molecule has 0 unspecified atom stereocenters. The number of hydrogen-bond acceptors (Lipinski definition) is 5. The number of piperazine rings is 1. The summed E-state index contributed by atoms with van der Waals surface area (Å²) >= 11 is 1.83. The van der Waals surface area contributed by atoms with Crippen molar-refractivity contribution >= 4 is 38.9 Å². The van der Waals surface area contributed by atoms with E-state index in [1.165, 1.54) is 33.4 Å². The zero-order valence-corrected chi connectivity index (χ0v) is 18.2. The summed E-state index contributed by atoms with van der Waals surface area (Å²) in [6, 6.07) is 17.4. The van der Waals surface area contributed by atoms with E-state index in [2.05, 4.69) is 75.9 Å². The van der Waals surface area contributed by atoms with Crippen molar-refractivity contribution in [3.63, 3.8) is 0 Å². The summed E-state index contributed by atoms with van der Waals surface area (Å²) in [5, 5.41) is 5.63. The summed E-state index contributed by atoms with van der Waals surface area (Å²) in [6.45, 7) is 7.29. The van der Waals surface area contributed by atoms with Gasteiger partial charge >= 0.3 is 0 Å². The average molecular weight is 420 g/mol. The number of anilines is 2. The molecular formula is C25H29N3OS. The van der Waals surface area contributed by atoms with Gasteiger partial charge in [0.25, 0.3) is 0 Å². The van der Waals surface area contributed by atoms with Crippen molar-refractivity contribution in [1.82, 2.24) is 4.90 Å². The van der Waals surface area contributed by atoms with Crippen LogP contribution >= 0.6 is 11.3 Å². The summed E-state index contributed by atoms with van der Waals surface area (Å²) in [5.41, 5.74) is 3.81. The fraction of sp³-hybridized carbons (Fsp3) is 0.360. The topological polar surface area (TPSA) is 19.0 Å². The van der Waals surface area contributed by atoms with E-state index in [0.29, 0.717) is 0 Å². The van der Waals surface area contributed by atoms with Gasteiger partial charge in [0.2, 0.25) is 0 Å². The van der Waals surface area contributed by atoms with E-state index < -0.39 is 0 Å². The van der Waals surface area contributed by atoms with Crippen molar-refractivity contribution in [2.75, 3.05) is 55.8 Å². The van der Waals surface area contributed by atoms with Gasteiger partial charge in [0, 0.05) is 42.0 Å². The molecule has 156 valence electrons. The first-order valence-electron chi connectivity index (χ1n) is 11.0. The number of unbranched alkanes of at least 4 members (excludes halogenated alkanes) is 1. The molecule has 0 amide bonds. The summed E-state index contributed by atoms with van der Waals surface area (Å²) in [6.07, 6.45) is 6.62. The van der Waals surface area contributed by atoms with Gasteiger partial charge in [-0.2, -0.15) is 0 Å². The highest BCUT2D eigenvalue weighted by atomic mass is 32.1. The molecule has 5 heteroatoms. The Balaban J connectivity index is 1.04. The molecule has 3 heterocycles. The maximum atomic E-state index is 6.06. The molecule has 0 atom stereocenters. The third kappa shape index (κ3) is 4.24. The number of hydrogen-bond donors (Lipinski definition) is 0. The predicted molar refractivity (Wildman–Crippen MR) is 128 cm³/mol. The van der Waals surface area contributed by atoms with E-state index in [1.807, 2.05) is 16.4 Å². The third-order valence-corrected chi connectivity index (χ3v) is 6.96. The van der Waals surface area contributed by atoms with Crippen molar-refractivity contribution in [3.05, 3.63) is 65.6 Å². The smallest absolute Gasteiger partial charge is 0.0749 e. The number of thiophene rings is 1. The molecular weight excluding hydrogens is 390 g/mol. The number of hydroxylamine groups is 1. The second-order valence-electron chi connectivity index (χ2n) is 8.00. The zero-order valence-electron chi connectivity index (χ0n) is 17.4. The van der Waals surface area contributed by atoms with Gasteiger partial charge in [-0.15, -0.1) is 11.3 Å². The minimum Gasteiger partial charge on any atom is -0.368 e. The predicted octanol–water partition coefficient (Wildman–Crippen LogP) is 5.27. The van der Waals surface area contributed by atoms with Crippen LogP contribution in [-0.4, -0.2) is 50.8 Å². The number of nitrogens with zero attached hydrogens (tertiary/aromatic N) is 3. The lowest BCUT2D eigenvalue weighted by atomic mass is 10.1. The lowest BCUT2D eigenvalue weighted by Crippen LogP contribution is -2.46. The number of para-hydroxylation sites is 1. The van der Waals surface area contributed by atoms with Crippen LogP contribution in [0.25, 0.3) is 16.2 Å². The highest BCUT2D eigenvalue weighted by Crippen LogP contribution is 2.31. The van der Waals surface area contributed by atoms with Gasteiger partial charge in [0.15, 0.2) is 0 Å². The highest BCUT2D eigenvalue weighted by Gasteiger charge is 2.18. The monoisotopic (exact) mass is 419 g/mol. The summed E-state index contributed by atoms with van der Waals surface area (Å²) < 4.78 is 1.39. The summed E-state index contributed by atoms with van der Waals surface area (Å²) in [4.78, 5) is 11.2. The Labute approximate surface area is 182 Å². The number of benzene rings is 2. The maximum absolute atomic E-state index is 6.06. The van der Waals surface area contributed by atoms with Crippen molar-refractivity contribution in [1.29, 1.82) is 0 Å². The van der Waals surface area contributed by atoms with E-state index in [1.54, 1.807) is 0 Å². The fourth-order valence-corrected chi connectivity index (χ4v) is 5.24. The van der Waals surface area contributed by atoms with Gasteiger partial charge in [-0.25, -0.2) is 5.06 Å². The van der Waals surface area contributed by atoms with Crippen LogP contribution in [0.1, 0.15) is 18.4 Å². The molecule has 1 saturated heterocycles. The van der Waals surface area contributed by atoms with Gasteiger partial charge in [-0.1, -0.05) is 36.4 Å². The van der Waals surface area contributed by atoms with Crippen molar-refractivity contribution in [2.45, 2.75) is 12.8 Å². The van der Waals surface area contributed by atoms with Crippen LogP contribution in [0.3, 0.4) is 0 Å². The molecule has 0 N–H and O–H groups in total. The van der Waals surface area contributed by atoms with Crippen LogP contribution in [-0.2, 0) is 4.84 Å². The second-order valence-corrected chi connectivity index (χ2v) is 8.95. The molecule has 1 aromatic heterocycles. The molecule has 4 nitrogen and oxygen atoms in total. The standard InChI is InChI=1S/C25H29N3OS/c1-2-9-23-21(7-1)8-6-14-28(23)29-19-4-3-13-26-15-17-27(18-16-26)24-10-5-11-25-22(24)12-20-30-25/h1-2,5-12,20H,3-4,13-19H2. The van der Waals surface area contributed by atoms with Crippen molar-refractivity contribution < 1.29 is 4.84 Å². The second kappa shape index (κ2) is 9.21. The summed E-state index contributed by atoms with van der Waals surface area (Å²) in [5.74, 6) is 0. The van der Waals surface area contributed by atoms with Crippen molar-refractivity contribution in [3.8, 4) is 0 Å². The van der Waals surface area contributed by atoms with Gasteiger partial charge in [0.1, 0.15) is 0 Å². The van der Waals surface area contributed by atoms with Crippen LogP contribution < -0.4 is 9.96 Å². The normalized spacial score (nSPS) is 16.9. The van der Waals surface area contributed by atoms with E-state index in [9.17, 15) is 0 Å². The molecule has 2 aromatic carbocycles. The zero-order chi connectivity index (χ0) is 20.2. The third-order valence-electron chi connectivity index (χ3n) is 6.08. The highest BCUT2D eigenvalue weighted by molar-refractivity contribution is 7.17. The Kier molecular flexibility index (Phi) is 6.02. The van der Waals surface area contributed by atoms with E-state index in [-0.39, 0.29) is 0 Å². The molecule has 0 bridgehead atoms. The van der Waals surface area contributed by atoms with Crippen LogP contribution in [0, 0.1) is 0 Å². The molecule has 30 heavy (non-hydrogen) atoms. The first-order chi connectivity index (χ1) is 14.9. The van der Waals surface area contributed by atoms with Crippen LogP contribution in [0.5, 0.6) is 0 Å². The van der Waals surface area contributed by atoms with E-state index >= 15 is 0 Å². The first-order valence-corrected chi connectivity index (χ1v) is 11.9. The molecule has 2 aliphatic heterocycles. The molecule has 3 aromatic rings. The fourth-order valence-electron chi connectivity index (χ4n) is 4.43. The molecule has 1 fully saturated rings. The molecule has 5 rings (SSSR count). The Morgan fingerprint density at radius 3 is 2.67 bits per heavy atom. The first kappa shape index (κ1) is 19.6. The van der Waals surface area contributed by atoms with Crippen LogP contribution in [0.4, 0.5) is 11.4 Å². The summed E-state index contributed by atoms with van der Waals surface area (Å²) in [7, 11) is 0. The van der Waals surface area contributed by atoms with Gasteiger partial charge in [0.05, 0.1) is 18.8 Å². The number of rotatable bonds is 7. The molecule has 2 aliphatic rings. The number of fused-ring (bicyclic) bond motifs is 2. The lowest BCUT2D eigenvalue weighted by molar-refractivity contribution is 0.107. The average Bonchev–Trinajstić information content (AvgIpc) is 3.28. The Morgan fingerprint density at radius 2 is 1.73 bits per heavy atom. The largest absolute Gasteiger partial charge is 0.368 e. The Hall–Kier alpha value is -2.34. The van der Waals surface area contributed by atoms with Gasteiger partial charge in [-0.3, -0.25) is 9.74 Å². The van der Waals surface area contributed by atoms with Crippen molar-refractivity contribution in [2.24, 2.45) is 0 Å². The van der Waals surface area contributed by atoms with Crippen LogP contribution in [0.15, 0.2) is 60.0 Å². The van der Waals surface area contributed by atoms with E-state index in [4.69, 9.17) is 4.84 Å². The van der Waals surface area contributed by atoms with Crippen LogP contribution in [0.2, 0.25) is 0 Å². The molecule has 0 saturated carbocycles. The van der Waals surface area contributed by atoms with E-state index in [0.717, 1.165) is 52.3 Å². The molecule has 0 spiro atoms. The van der Waals surface area contributed by atoms with Gasteiger partial charge in [-0.05, 0) is 54.6 Å². The maximum Gasteiger partial charge on any atom is 0.0749 e.